The van der Waals surface area contributed by atoms with E-state index in [0.29, 0.717) is 12.2 Å². The fourth-order valence-corrected chi connectivity index (χ4v) is 2.86. The summed E-state index contributed by atoms with van der Waals surface area (Å²) in [7, 11) is 0. The van der Waals surface area contributed by atoms with E-state index in [4.69, 9.17) is 0 Å². The largest absolute Gasteiger partial charge is 0.333 e. The predicted molar refractivity (Wildman–Crippen MR) is 86.2 cm³/mol. The zero-order valence-corrected chi connectivity index (χ0v) is 13.1. The SMILES string of the molecule is Cc1ccc(CNC(=O)Nc2ccc(-n3cncn3)c(F)c2)s1. The first-order valence-corrected chi connectivity index (χ1v) is 7.68. The van der Waals surface area contributed by atoms with Crippen LogP contribution in [0.3, 0.4) is 0 Å². The maximum Gasteiger partial charge on any atom is 0.319 e. The molecular formula is C15H14FN5OS. The van der Waals surface area contributed by atoms with E-state index in [0.717, 1.165) is 4.88 Å². The molecule has 0 aliphatic heterocycles. The molecule has 0 aliphatic carbocycles. The summed E-state index contributed by atoms with van der Waals surface area (Å²) >= 11 is 1.62. The molecule has 0 fully saturated rings. The lowest BCUT2D eigenvalue weighted by molar-refractivity contribution is 0.252. The highest BCUT2D eigenvalue weighted by atomic mass is 32.1. The molecule has 118 valence electrons. The van der Waals surface area contributed by atoms with Crippen molar-refractivity contribution in [3.8, 4) is 5.69 Å². The summed E-state index contributed by atoms with van der Waals surface area (Å²) in [5, 5.41) is 9.20. The van der Waals surface area contributed by atoms with Gasteiger partial charge in [-0.25, -0.2) is 18.9 Å². The van der Waals surface area contributed by atoms with Crippen molar-refractivity contribution >= 4 is 23.1 Å². The van der Waals surface area contributed by atoms with E-state index in [2.05, 4.69) is 20.7 Å². The lowest BCUT2D eigenvalue weighted by Crippen LogP contribution is -2.27. The molecule has 2 aromatic heterocycles. The molecule has 0 radical (unpaired) electrons. The van der Waals surface area contributed by atoms with Crippen LogP contribution in [-0.2, 0) is 6.54 Å². The number of amides is 2. The van der Waals surface area contributed by atoms with Gasteiger partial charge in [-0.2, -0.15) is 5.10 Å². The van der Waals surface area contributed by atoms with Crippen LogP contribution in [0.4, 0.5) is 14.9 Å². The van der Waals surface area contributed by atoms with Crippen molar-refractivity contribution in [2.45, 2.75) is 13.5 Å². The summed E-state index contributed by atoms with van der Waals surface area (Å²) in [5.41, 5.74) is 0.633. The maximum absolute atomic E-state index is 14.1. The van der Waals surface area contributed by atoms with Gasteiger partial charge in [-0.1, -0.05) is 0 Å². The molecule has 0 saturated heterocycles. The number of carbonyl (C=O) groups is 1. The number of carbonyl (C=O) groups excluding carboxylic acids is 1. The molecule has 0 atom stereocenters. The Morgan fingerprint density at radius 1 is 1.35 bits per heavy atom. The molecule has 0 aliphatic rings. The van der Waals surface area contributed by atoms with Gasteiger partial charge in [0.15, 0.2) is 5.82 Å². The second-order valence-corrected chi connectivity index (χ2v) is 6.20. The van der Waals surface area contributed by atoms with Crippen LogP contribution in [0.25, 0.3) is 5.69 Å². The van der Waals surface area contributed by atoms with E-state index in [1.54, 1.807) is 17.4 Å². The molecule has 2 amide bonds. The highest BCUT2D eigenvalue weighted by molar-refractivity contribution is 7.11. The summed E-state index contributed by atoms with van der Waals surface area (Å²) in [6, 6.07) is 7.96. The summed E-state index contributed by atoms with van der Waals surface area (Å²) < 4.78 is 15.4. The molecular weight excluding hydrogens is 317 g/mol. The normalized spacial score (nSPS) is 10.5. The second-order valence-electron chi connectivity index (χ2n) is 4.83. The van der Waals surface area contributed by atoms with E-state index in [-0.39, 0.29) is 11.7 Å². The monoisotopic (exact) mass is 331 g/mol. The minimum atomic E-state index is -0.498. The number of nitrogens with zero attached hydrogens (tertiary/aromatic N) is 3. The number of urea groups is 1. The number of benzene rings is 1. The number of aryl methyl sites for hydroxylation is 1. The minimum Gasteiger partial charge on any atom is -0.333 e. The van der Waals surface area contributed by atoms with E-state index < -0.39 is 5.82 Å². The molecule has 23 heavy (non-hydrogen) atoms. The molecule has 8 heteroatoms. The maximum atomic E-state index is 14.1. The Balaban J connectivity index is 1.61. The van der Waals surface area contributed by atoms with E-state index in [1.165, 1.54) is 34.3 Å². The molecule has 0 bridgehead atoms. The third kappa shape index (κ3) is 3.72. The van der Waals surface area contributed by atoms with Crippen LogP contribution in [0.1, 0.15) is 9.75 Å². The summed E-state index contributed by atoms with van der Waals surface area (Å²) in [5.74, 6) is -0.498. The first kappa shape index (κ1) is 15.2. The van der Waals surface area contributed by atoms with Gasteiger partial charge in [-0.15, -0.1) is 11.3 Å². The third-order valence-corrected chi connectivity index (χ3v) is 4.09. The van der Waals surface area contributed by atoms with Crippen molar-refractivity contribution in [2.75, 3.05) is 5.32 Å². The number of anilines is 1. The van der Waals surface area contributed by atoms with E-state index in [1.807, 2.05) is 19.1 Å². The van der Waals surface area contributed by atoms with Gasteiger partial charge in [0.1, 0.15) is 18.3 Å². The lowest BCUT2D eigenvalue weighted by atomic mass is 10.2. The standard InChI is InChI=1S/C15H14FN5OS/c1-10-2-4-12(23-10)7-18-15(22)20-11-3-5-14(13(16)6-11)21-9-17-8-19-21/h2-6,8-9H,7H2,1H3,(H2,18,20,22). The number of halogens is 1. The molecule has 0 saturated carbocycles. The topological polar surface area (TPSA) is 71.8 Å². The van der Waals surface area contributed by atoms with Crippen LogP contribution in [-0.4, -0.2) is 20.8 Å². The van der Waals surface area contributed by atoms with Crippen LogP contribution >= 0.6 is 11.3 Å². The fraction of sp³-hybridized carbons (Fsp3) is 0.133. The minimum absolute atomic E-state index is 0.266. The van der Waals surface area contributed by atoms with E-state index in [9.17, 15) is 9.18 Å². The Hall–Kier alpha value is -2.74. The highest BCUT2D eigenvalue weighted by Crippen LogP contribution is 2.18. The van der Waals surface area contributed by atoms with E-state index >= 15 is 0 Å². The number of rotatable bonds is 4. The molecule has 3 rings (SSSR count). The number of hydrogen-bond donors (Lipinski definition) is 2. The Kier molecular flexibility index (Phi) is 4.33. The molecule has 1 aromatic carbocycles. The average molecular weight is 331 g/mol. The molecule has 0 spiro atoms. The lowest BCUT2D eigenvalue weighted by Gasteiger charge is -2.08. The summed E-state index contributed by atoms with van der Waals surface area (Å²) in [6.07, 6.45) is 2.73. The van der Waals surface area contributed by atoms with Gasteiger partial charge in [0.2, 0.25) is 0 Å². The first-order valence-electron chi connectivity index (χ1n) is 6.86. The van der Waals surface area contributed by atoms with Crippen LogP contribution in [0, 0.1) is 12.7 Å². The van der Waals surface area contributed by atoms with Crippen molar-refractivity contribution < 1.29 is 9.18 Å². The second kappa shape index (κ2) is 6.57. The summed E-state index contributed by atoms with van der Waals surface area (Å²) in [6.45, 7) is 2.44. The van der Waals surface area contributed by atoms with Gasteiger partial charge < -0.3 is 10.6 Å². The molecule has 2 N–H and O–H groups in total. The Morgan fingerprint density at radius 3 is 2.87 bits per heavy atom. The first-order chi connectivity index (χ1) is 11.1. The average Bonchev–Trinajstić information content (AvgIpc) is 3.17. The number of aromatic nitrogens is 3. The van der Waals surface area contributed by atoms with Crippen molar-refractivity contribution in [3.05, 3.63) is 58.6 Å². The van der Waals surface area contributed by atoms with Crippen LogP contribution in [0.15, 0.2) is 43.0 Å². The van der Waals surface area contributed by atoms with Crippen LogP contribution < -0.4 is 10.6 Å². The number of thiophene rings is 1. The Bertz CT molecular complexity index is 815. The Morgan fingerprint density at radius 2 is 2.22 bits per heavy atom. The smallest absolute Gasteiger partial charge is 0.319 e. The van der Waals surface area contributed by atoms with Crippen LogP contribution in [0.5, 0.6) is 0 Å². The van der Waals surface area contributed by atoms with Gasteiger partial charge in [0.05, 0.1) is 6.54 Å². The van der Waals surface area contributed by atoms with Gasteiger partial charge in [-0.3, -0.25) is 0 Å². The van der Waals surface area contributed by atoms with Gasteiger partial charge in [0.25, 0.3) is 0 Å². The zero-order chi connectivity index (χ0) is 16.2. The molecule has 0 unspecified atom stereocenters. The third-order valence-electron chi connectivity index (χ3n) is 3.09. The molecule has 3 aromatic rings. The van der Waals surface area contributed by atoms with Crippen molar-refractivity contribution in [2.24, 2.45) is 0 Å². The fourth-order valence-electron chi connectivity index (χ4n) is 2.03. The zero-order valence-electron chi connectivity index (χ0n) is 12.3. The number of hydrogen-bond acceptors (Lipinski definition) is 4. The molecule has 2 heterocycles. The van der Waals surface area contributed by atoms with Crippen LogP contribution in [0.2, 0.25) is 0 Å². The van der Waals surface area contributed by atoms with Gasteiger partial charge in [0, 0.05) is 15.4 Å². The summed E-state index contributed by atoms with van der Waals surface area (Å²) in [4.78, 5) is 17.9. The quantitative estimate of drug-likeness (QED) is 0.772. The van der Waals surface area contributed by atoms with Crippen molar-refractivity contribution in [1.29, 1.82) is 0 Å². The number of nitrogens with one attached hydrogen (secondary N) is 2. The van der Waals surface area contributed by atoms with Gasteiger partial charge >= 0.3 is 6.03 Å². The predicted octanol–water partition coefficient (Wildman–Crippen LogP) is 3.10. The van der Waals surface area contributed by atoms with Crippen molar-refractivity contribution in [1.82, 2.24) is 20.1 Å². The van der Waals surface area contributed by atoms with Gasteiger partial charge in [-0.05, 0) is 37.3 Å². The molecule has 6 nitrogen and oxygen atoms in total. The Labute approximate surface area is 136 Å². The van der Waals surface area contributed by atoms with Crippen molar-refractivity contribution in [3.63, 3.8) is 0 Å². The highest BCUT2D eigenvalue weighted by Gasteiger charge is 2.08.